The molecule has 0 bridgehead atoms. The SMILES string of the molecule is CCNC(=NCCCCCC(=O)OC)NCCc1ccc(OC)c(OC)c1.I. The first kappa shape index (κ1) is 26.3. The average Bonchev–Trinajstić information content (AvgIpc) is 2.69. The number of aliphatic imine (C=N–C) groups is 1. The minimum absolute atomic E-state index is 0. The molecule has 1 rings (SSSR count). The maximum absolute atomic E-state index is 11.1. The minimum Gasteiger partial charge on any atom is -0.493 e. The number of methoxy groups -OCH3 is 3. The van der Waals surface area contributed by atoms with Gasteiger partial charge in [0, 0.05) is 26.1 Å². The molecule has 0 amide bonds. The number of hydrogen-bond acceptors (Lipinski definition) is 5. The van der Waals surface area contributed by atoms with Crippen LogP contribution in [0.2, 0.25) is 0 Å². The predicted octanol–water partition coefficient (Wildman–Crippen LogP) is 3.15. The van der Waals surface area contributed by atoms with E-state index in [1.165, 1.54) is 12.7 Å². The fourth-order valence-electron chi connectivity index (χ4n) is 2.55. The van der Waals surface area contributed by atoms with E-state index in [2.05, 4.69) is 20.4 Å². The van der Waals surface area contributed by atoms with Gasteiger partial charge in [0.05, 0.1) is 21.3 Å². The van der Waals surface area contributed by atoms with Gasteiger partial charge in [0.25, 0.3) is 0 Å². The van der Waals surface area contributed by atoms with Crippen LogP contribution in [0.1, 0.15) is 38.2 Å². The smallest absolute Gasteiger partial charge is 0.305 e. The number of nitrogens with zero attached hydrogens (tertiary/aromatic N) is 1. The van der Waals surface area contributed by atoms with Crippen molar-refractivity contribution in [3.05, 3.63) is 23.8 Å². The molecule has 28 heavy (non-hydrogen) atoms. The summed E-state index contributed by atoms with van der Waals surface area (Å²) in [6.07, 6.45) is 4.08. The lowest BCUT2D eigenvalue weighted by atomic mass is 10.1. The molecule has 0 saturated heterocycles. The van der Waals surface area contributed by atoms with Crippen molar-refractivity contribution in [2.75, 3.05) is 41.0 Å². The zero-order valence-corrected chi connectivity index (χ0v) is 19.7. The van der Waals surface area contributed by atoms with Gasteiger partial charge >= 0.3 is 5.97 Å². The molecule has 0 fully saturated rings. The fourth-order valence-corrected chi connectivity index (χ4v) is 2.55. The Hall–Kier alpha value is -1.71. The highest BCUT2D eigenvalue weighted by Crippen LogP contribution is 2.27. The van der Waals surface area contributed by atoms with Crippen LogP contribution < -0.4 is 20.1 Å². The lowest BCUT2D eigenvalue weighted by Crippen LogP contribution is -2.38. The third-order valence-electron chi connectivity index (χ3n) is 4.03. The van der Waals surface area contributed by atoms with Gasteiger partial charge in [-0.05, 0) is 43.9 Å². The molecular weight excluding hydrogens is 473 g/mol. The number of ether oxygens (including phenoxy) is 3. The zero-order chi connectivity index (χ0) is 19.9. The Morgan fingerprint density at radius 3 is 2.43 bits per heavy atom. The molecule has 0 saturated carbocycles. The van der Waals surface area contributed by atoms with Crippen molar-refractivity contribution in [1.82, 2.24) is 10.6 Å². The Bertz CT molecular complexity index is 597. The summed E-state index contributed by atoms with van der Waals surface area (Å²) in [5.74, 6) is 2.13. The molecule has 2 N–H and O–H groups in total. The first-order valence-electron chi connectivity index (χ1n) is 9.44. The number of hydrogen-bond donors (Lipinski definition) is 2. The van der Waals surface area contributed by atoms with Crippen LogP contribution >= 0.6 is 24.0 Å². The Labute approximate surface area is 185 Å². The van der Waals surface area contributed by atoms with Crippen molar-refractivity contribution in [3.8, 4) is 11.5 Å². The quantitative estimate of drug-likeness (QED) is 0.149. The van der Waals surface area contributed by atoms with Crippen LogP contribution in [0, 0.1) is 0 Å². The number of carbonyl (C=O) groups is 1. The van der Waals surface area contributed by atoms with Crippen LogP contribution in [0.25, 0.3) is 0 Å². The van der Waals surface area contributed by atoms with E-state index in [-0.39, 0.29) is 29.9 Å². The highest BCUT2D eigenvalue weighted by molar-refractivity contribution is 14.0. The van der Waals surface area contributed by atoms with E-state index in [0.717, 1.165) is 62.8 Å². The molecule has 1 aromatic carbocycles. The molecule has 0 aromatic heterocycles. The zero-order valence-electron chi connectivity index (χ0n) is 17.4. The summed E-state index contributed by atoms with van der Waals surface area (Å²) < 4.78 is 15.2. The number of unbranched alkanes of at least 4 members (excludes halogenated alkanes) is 2. The summed E-state index contributed by atoms with van der Waals surface area (Å²) in [6, 6.07) is 5.95. The Morgan fingerprint density at radius 1 is 1.04 bits per heavy atom. The Kier molecular flexibility index (Phi) is 15.3. The van der Waals surface area contributed by atoms with E-state index < -0.39 is 0 Å². The van der Waals surface area contributed by atoms with E-state index in [1.54, 1.807) is 14.2 Å². The summed E-state index contributed by atoms with van der Waals surface area (Å²) >= 11 is 0. The summed E-state index contributed by atoms with van der Waals surface area (Å²) in [7, 11) is 4.69. The van der Waals surface area contributed by atoms with Gasteiger partial charge in [-0.2, -0.15) is 0 Å². The number of esters is 1. The first-order chi connectivity index (χ1) is 13.1. The average molecular weight is 507 g/mol. The molecule has 7 nitrogen and oxygen atoms in total. The highest BCUT2D eigenvalue weighted by atomic mass is 127. The number of carbonyl (C=O) groups excluding carboxylic acids is 1. The van der Waals surface area contributed by atoms with Gasteiger partial charge in [-0.1, -0.05) is 12.5 Å². The van der Waals surface area contributed by atoms with Gasteiger partial charge in [-0.25, -0.2) is 0 Å². The first-order valence-corrected chi connectivity index (χ1v) is 9.44. The molecule has 0 aliphatic carbocycles. The van der Waals surface area contributed by atoms with Gasteiger partial charge in [-0.15, -0.1) is 24.0 Å². The fraction of sp³-hybridized carbons (Fsp3) is 0.600. The van der Waals surface area contributed by atoms with Gasteiger partial charge in [0.2, 0.25) is 0 Å². The molecule has 160 valence electrons. The number of benzene rings is 1. The number of nitrogens with one attached hydrogen (secondary N) is 2. The summed E-state index contributed by atoms with van der Waals surface area (Å²) in [5.41, 5.74) is 1.17. The Morgan fingerprint density at radius 2 is 1.79 bits per heavy atom. The van der Waals surface area contributed by atoms with E-state index in [0.29, 0.717) is 6.42 Å². The molecule has 0 spiro atoms. The second-order valence-electron chi connectivity index (χ2n) is 6.01. The van der Waals surface area contributed by atoms with Crippen molar-refractivity contribution in [3.63, 3.8) is 0 Å². The van der Waals surface area contributed by atoms with Gasteiger partial charge in [-0.3, -0.25) is 9.79 Å². The van der Waals surface area contributed by atoms with Crippen LogP contribution in [0.15, 0.2) is 23.2 Å². The molecule has 8 heteroatoms. The normalized spacial score (nSPS) is 10.6. The minimum atomic E-state index is -0.149. The van der Waals surface area contributed by atoms with E-state index >= 15 is 0 Å². The Balaban J connectivity index is 0.00000729. The lowest BCUT2D eigenvalue weighted by Gasteiger charge is -2.12. The standard InChI is InChI=1S/C20H33N3O4.HI/c1-5-21-20(22-13-8-6-7-9-19(24)27-4)23-14-12-16-10-11-17(25-2)18(15-16)26-3;/h10-11,15H,5-9,12-14H2,1-4H3,(H2,21,22,23);1H. The van der Waals surface area contributed by atoms with E-state index in [1.807, 2.05) is 25.1 Å². The van der Waals surface area contributed by atoms with Gasteiger partial charge < -0.3 is 24.8 Å². The van der Waals surface area contributed by atoms with Crippen molar-refractivity contribution in [2.45, 2.75) is 39.0 Å². The number of halogens is 1. The molecule has 0 aliphatic rings. The summed E-state index contributed by atoms with van der Waals surface area (Å²) in [5, 5.41) is 6.59. The van der Waals surface area contributed by atoms with Gasteiger partial charge in [0.1, 0.15) is 0 Å². The van der Waals surface area contributed by atoms with Crippen molar-refractivity contribution in [1.29, 1.82) is 0 Å². The molecule has 0 radical (unpaired) electrons. The van der Waals surface area contributed by atoms with E-state index in [4.69, 9.17) is 9.47 Å². The third-order valence-corrected chi connectivity index (χ3v) is 4.03. The highest BCUT2D eigenvalue weighted by Gasteiger charge is 2.05. The molecule has 1 aromatic rings. The number of guanidine groups is 1. The monoisotopic (exact) mass is 507 g/mol. The van der Waals surface area contributed by atoms with Crippen molar-refractivity contribution >= 4 is 35.9 Å². The van der Waals surface area contributed by atoms with Crippen LogP contribution in [0.3, 0.4) is 0 Å². The molecule has 0 aliphatic heterocycles. The van der Waals surface area contributed by atoms with Crippen molar-refractivity contribution in [2.24, 2.45) is 4.99 Å². The van der Waals surface area contributed by atoms with E-state index in [9.17, 15) is 4.79 Å². The van der Waals surface area contributed by atoms with Gasteiger partial charge in [0.15, 0.2) is 17.5 Å². The van der Waals surface area contributed by atoms with Crippen LogP contribution in [0.5, 0.6) is 11.5 Å². The van der Waals surface area contributed by atoms with Crippen LogP contribution in [-0.2, 0) is 16.0 Å². The van der Waals surface area contributed by atoms with Crippen LogP contribution in [-0.4, -0.2) is 52.9 Å². The molecular formula is C20H34IN3O4. The largest absolute Gasteiger partial charge is 0.493 e. The molecule has 0 atom stereocenters. The maximum Gasteiger partial charge on any atom is 0.305 e. The summed E-state index contributed by atoms with van der Waals surface area (Å²) in [4.78, 5) is 15.6. The second-order valence-corrected chi connectivity index (χ2v) is 6.01. The number of rotatable bonds is 12. The van der Waals surface area contributed by atoms with Crippen molar-refractivity contribution < 1.29 is 19.0 Å². The summed E-state index contributed by atoms with van der Waals surface area (Å²) in [6.45, 7) is 4.35. The lowest BCUT2D eigenvalue weighted by molar-refractivity contribution is -0.140. The molecule has 0 heterocycles. The molecule has 0 unspecified atom stereocenters. The second kappa shape index (κ2) is 16.3. The predicted molar refractivity (Wildman–Crippen MR) is 123 cm³/mol. The van der Waals surface area contributed by atoms with Crippen LogP contribution in [0.4, 0.5) is 0 Å². The topological polar surface area (TPSA) is 81.2 Å². The maximum atomic E-state index is 11.1. The third kappa shape index (κ3) is 10.6.